The summed E-state index contributed by atoms with van der Waals surface area (Å²) in [6.45, 7) is 5.65. The van der Waals surface area contributed by atoms with Crippen molar-refractivity contribution in [3.63, 3.8) is 0 Å². The van der Waals surface area contributed by atoms with Crippen LogP contribution in [0.15, 0.2) is 33.6 Å². The molecule has 0 amide bonds. The molecule has 1 aromatic heterocycles. The zero-order valence-corrected chi connectivity index (χ0v) is 16.8. The van der Waals surface area contributed by atoms with E-state index in [0.29, 0.717) is 0 Å². The van der Waals surface area contributed by atoms with Crippen LogP contribution in [0.1, 0.15) is 17.7 Å². The molecule has 0 aromatic carbocycles. The summed E-state index contributed by atoms with van der Waals surface area (Å²) in [7, 11) is 3.90. The summed E-state index contributed by atoms with van der Waals surface area (Å²) < 4.78 is 1.19. The number of aliphatic imine (C=N–C) groups is 1. The highest BCUT2D eigenvalue weighted by Gasteiger charge is 2.05. The lowest BCUT2D eigenvalue weighted by atomic mass is 10.3. The topological polar surface area (TPSA) is 27.6 Å². The van der Waals surface area contributed by atoms with Crippen LogP contribution < -0.4 is 5.32 Å². The largest absolute Gasteiger partial charge is 0.356 e. The maximum Gasteiger partial charge on any atom is 0.193 e. The smallest absolute Gasteiger partial charge is 0.193 e. The first-order chi connectivity index (χ1) is 9.17. The van der Waals surface area contributed by atoms with Gasteiger partial charge in [0.05, 0.1) is 3.79 Å². The van der Waals surface area contributed by atoms with Crippen LogP contribution in [0.25, 0.3) is 0 Å². The van der Waals surface area contributed by atoms with E-state index in [-0.39, 0.29) is 24.0 Å². The zero-order valence-electron chi connectivity index (χ0n) is 12.1. The van der Waals surface area contributed by atoms with Gasteiger partial charge in [0.1, 0.15) is 0 Å². The minimum atomic E-state index is 0. The number of nitrogens with one attached hydrogen (secondary N) is 1. The van der Waals surface area contributed by atoms with Gasteiger partial charge in [-0.3, -0.25) is 4.99 Å². The molecule has 0 aliphatic rings. The zero-order chi connectivity index (χ0) is 14.1. The van der Waals surface area contributed by atoms with Crippen molar-refractivity contribution in [1.29, 1.82) is 0 Å². The molecular weight excluding hydrogens is 449 g/mol. The molecule has 0 bridgehead atoms. The average Bonchev–Trinajstić information content (AvgIpc) is 2.80. The molecule has 114 valence electrons. The third-order valence-electron chi connectivity index (χ3n) is 2.76. The molecule has 3 nitrogen and oxygen atoms in total. The molecule has 1 N–H and O–H groups in total. The van der Waals surface area contributed by atoms with Gasteiger partial charge in [0.2, 0.25) is 0 Å². The summed E-state index contributed by atoms with van der Waals surface area (Å²) in [5, 5.41) is 3.40. The van der Waals surface area contributed by atoms with E-state index >= 15 is 0 Å². The lowest BCUT2D eigenvalue weighted by Gasteiger charge is -2.21. The van der Waals surface area contributed by atoms with Gasteiger partial charge in [-0.05, 0) is 47.3 Å². The van der Waals surface area contributed by atoms with Crippen LogP contribution in [0.3, 0.4) is 0 Å². The van der Waals surface area contributed by atoms with E-state index in [0.717, 1.165) is 38.3 Å². The maximum atomic E-state index is 4.30. The van der Waals surface area contributed by atoms with Crippen LogP contribution in [0.2, 0.25) is 0 Å². The van der Waals surface area contributed by atoms with Crippen LogP contribution in [0.4, 0.5) is 0 Å². The first-order valence-electron chi connectivity index (χ1n) is 6.44. The fourth-order valence-corrected chi connectivity index (χ4v) is 3.23. The molecule has 0 spiro atoms. The van der Waals surface area contributed by atoms with Crippen molar-refractivity contribution in [3.05, 3.63) is 33.5 Å². The fraction of sp³-hybridized carbons (Fsp3) is 0.500. The minimum Gasteiger partial charge on any atom is -0.356 e. The second-order valence-electron chi connectivity index (χ2n) is 4.28. The Hall–Kier alpha value is -0.0800. The average molecular weight is 472 g/mol. The van der Waals surface area contributed by atoms with Gasteiger partial charge in [0.15, 0.2) is 5.96 Å². The van der Waals surface area contributed by atoms with Crippen LogP contribution >= 0.6 is 51.2 Å². The third kappa shape index (κ3) is 7.64. The number of rotatable bonds is 7. The summed E-state index contributed by atoms with van der Waals surface area (Å²) in [5.74, 6) is 0.958. The lowest BCUT2D eigenvalue weighted by molar-refractivity contribution is 0.470. The van der Waals surface area contributed by atoms with Crippen LogP contribution in [0, 0.1) is 0 Å². The Morgan fingerprint density at radius 1 is 1.55 bits per heavy atom. The highest BCUT2D eigenvalue weighted by atomic mass is 127. The van der Waals surface area contributed by atoms with E-state index in [2.05, 4.69) is 56.9 Å². The Kier molecular flexibility index (Phi) is 11.5. The Labute approximate surface area is 151 Å². The molecule has 0 radical (unpaired) electrons. The number of allylic oxidation sites excluding steroid dienone is 1. The SMILES string of the molecule is C=CCCCN(C)C(=NC)NCCc1ccc(Br)s1.I. The van der Waals surface area contributed by atoms with Gasteiger partial charge in [-0.1, -0.05) is 6.08 Å². The van der Waals surface area contributed by atoms with E-state index < -0.39 is 0 Å². The molecule has 0 aliphatic heterocycles. The van der Waals surface area contributed by atoms with E-state index in [9.17, 15) is 0 Å². The second kappa shape index (κ2) is 11.6. The van der Waals surface area contributed by atoms with Gasteiger partial charge in [0.25, 0.3) is 0 Å². The number of unbranched alkanes of at least 4 members (excludes halogenated alkanes) is 1. The molecule has 1 heterocycles. The number of nitrogens with zero attached hydrogens (tertiary/aromatic N) is 2. The minimum absolute atomic E-state index is 0. The van der Waals surface area contributed by atoms with Crippen LogP contribution in [0.5, 0.6) is 0 Å². The molecule has 6 heteroatoms. The number of thiophene rings is 1. The van der Waals surface area contributed by atoms with Crippen LogP contribution in [-0.2, 0) is 6.42 Å². The van der Waals surface area contributed by atoms with Gasteiger partial charge < -0.3 is 10.2 Å². The lowest BCUT2D eigenvalue weighted by Crippen LogP contribution is -2.40. The Balaban J connectivity index is 0.00000361. The number of guanidine groups is 1. The molecule has 0 fully saturated rings. The van der Waals surface area contributed by atoms with Crippen molar-refractivity contribution in [2.24, 2.45) is 4.99 Å². The summed E-state index contributed by atoms with van der Waals surface area (Å²) >= 11 is 5.27. The summed E-state index contributed by atoms with van der Waals surface area (Å²) in [6, 6.07) is 4.25. The molecule has 0 unspecified atom stereocenters. The van der Waals surface area contributed by atoms with Crippen LogP contribution in [-0.4, -0.2) is 38.0 Å². The summed E-state index contributed by atoms with van der Waals surface area (Å²) in [6.07, 6.45) is 5.14. The molecule has 0 saturated carbocycles. The molecule has 1 rings (SSSR count). The maximum absolute atomic E-state index is 4.30. The molecule has 0 aliphatic carbocycles. The predicted molar refractivity (Wildman–Crippen MR) is 105 cm³/mol. The molecule has 20 heavy (non-hydrogen) atoms. The van der Waals surface area contributed by atoms with Crippen molar-refractivity contribution in [1.82, 2.24) is 10.2 Å². The quantitative estimate of drug-likeness (QED) is 0.213. The second-order valence-corrected chi connectivity index (χ2v) is 6.83. The number of halogens is 2. The number of hydrogen-bond acceptors (Lipinski definition) is 2. The number of hydrogen-bond donors (Lipinski definition) is 1. The fourth-order valence-electron chi connectivity index (χ4n) is 1.75. The first kappa shape index (κ1) is 19.9. The first-order valence-corrected chi connectivity index (χ1v) is 8.05. The van der Waals surface area contributed by atoms with Gasteiger partial charge >= 0.3 is 0 Å². The normalized spacial score (nSPS) is 10.8. The van der Waals surface area contributed by atoms with Crippen molar-refractivity contribution < 1.29 is 0 Å². The van der Waals surface area contributed by atoms with Crippen molar-refractivity contribution in [2.75, 3.05) is 27.2 Å². The van der Waals surface area contributed by atoms with E-state index in [1.54, 1.807) is 11.3 Å². The standard InChI is InChI=1S/C14H22BrN3S.HI/c1-4-5-6-11-18(3)14(16-2)17-10-9-12-7-8-13(15)19-12;/h4,7-8H,1,5-6,9-11H2,2-3H3,(H,16,17);1H. The van der Waals surface area contributed by atoms with Crippen molar-refractivity contribution in [3.8, 4) is 0 Å². The third-order valence-corrected chi connectivity index (χ3v) is 4.44. The monoisotopic (exact) mass is 471 g/mol. The van der Waals surface area contributed by atoms with Gasteiger partial charge in [-0.2, -0.15) is 0 Å². The van der Waals surface area contributed by atoms with Gasteiger partial charge in [-0.15, -0.1) is 41.9 Å². The predicted octanol–water partition coefficient (Wildman–Crippen LogP) is 4.14. The molecule has 1 aromatic rings. The highest BCUT2D eigenvalue weighted by molar-refractivity contribution is 14.0. The van der Waals surface area contributed by atoms with Gasteiger partial charge in [0, 0.05) is 32.1 Å². The highest BCUT2D eigenvalue weighted by Crippen LogP contribution is 2.21. The van der Waals surface area contributed by atoms with Crippen molar-refractivity contribution in [2.45, 2.75) is 19.3 Å². The van der Waals surface area contributed by atoms with E-state index in [4.69, 9.17) is 0 Å². The Morgan fingerprint density at radius 2 is 2.30 bits per heavy atom. The Morgan fingerprint density at radius 3 is 2.85 bits per heavy atom. The van der Waals surface area contributed by atoms with E-state index in [1.165, 1.54) is 8.66 Å². The van der Waals surface area contributed by atoms with E-state index in [1.807, 2.05) is 13.1 Å². The van der Waals surface area contributed by atoms with Gasteiger partial charge in [-0.25, -0.2) is 0 Å². The summed E-state index contributed by atoms with van der Waals surface area (Å²) in [4.78, 5) is 7.84. The van der Waals surface area contributed by atoms with Crippen molar-refractivity contribution >= 4 is 57.2 Å². The Bertz CT molecular complexity index is 420. The molecule has 0 atom stereocenters. The molecular formula is C14H23BrIN3S. The molecule has 0 saturated heterocycles. The summed E-state index contributed by atoms with van der Waals surface area (Å²) in [5.41, 5.74) is 0.